The lowest BCUT2D eigenvalue weighted by molar-refractivity contribution is -0.140. The fourth-order valence-electron chi connectivity index (χ4n) is 4.97. The molecule has 5 rings (SSSR count). The van der Waals surface area contributed by atoms with Gasteiger partial charge in [-0.1, -0.05) is 18.2 Å². The molecule has 0 saturated carbocycles. The predicted molar refractivity (Wildman–Crippen MR) is 146 cm³/mol. The molecule has 3 amide bonds. The SMILES string of the molecule is Cn1cc2ccc(NC(=NC3CCCCN(CC(=O)N4CCCC4)C3=O)NC(=O)c3ccccc3)cc2n1. The van der Waals surface area contributed by atoms with Crippen molar-refractivity contribution in [2.75, 3.05) is 31.5 Å². The molecule has 2 aliphatic heterocycles. The van der Waals surface area contributed by atoms with Gasteiger partial charge in [0.05, 0.1) is 12.1 Å². The molecule has 0 aliphatic carbocycles. The van der Waals surface area contributed by atoms with Gasteiger partial charge in [-0.15, -0.1) is 0 Å². The third-order valence-corrected chi connectivity index (χ3v) is 6.97. The third kappa shape index (κ3) is 6.01. The molecule has 2 fully saturated rings. The molecule has 2 N–H and O–H groups in total. The molecule has 1 atom stereocenters. The smallest absolute Gasteiger partial charge is 0.257 e. The van der Waals surface area contributed by atoms with Gasteiger partial charge >= 0.3 is 0 Å². The molecular weight excluding hydrogens is 482 g/mol. The largest absolute Gasteiger partial charge is 0.341 e. The van der Waals surface area contributed by atoms with E-state index in [0.29, 0.717) is 24.2 Å². The van der Waals surface area contributed by atoms with E-state index in [0.717, 1.165) is 49.7 Å². The van der Waals surface area contributed by atoms with Crippen molar-refractivity contribution < 1.29 is 14.4 Å². The normalized spacial score (nSPS) is 18.5. The lowest BCUT2D eigenvalue weighted by Crippen LogP contribution is -2.45. The Kier molecular flexibility index (Phi) is 7.67. The number of hydrogen-bond acceptors (Lipinski definition) is 5. The number of rotatable bonds is 5. The summed E-state index contributed by atoms with van der Waals surface area (Å²) in [7, 11) is 1.86. The lowest BCUT2D eigenvalue weighted by Gasteiger charge is -2.25. The van der Waals surface area contributed by atoms with Gasteiger partial charge in [0.15, 0.2) is 0 Å². The van der Waals surface area contributed by atoms with Crippen LogP contribution in [0.5, 0.6) is 0 Å². The van der Waals surface area contributed by atoms with E-state index in [1.54, 1.807) is 33.8 Å². The number of aryl methyl sites for hydroxylation is 1. The van der Waals surface area contributed by atoms with E-state index < -0.39 is 6.04 Å². The molecule has 2 aromatic carbocycles. The summed E-state index contributed by atoms with van der Waals surface area (Å²) in [5.74, 6) is -0.360. The maximum Gasteiger partial charge on any atom is 0.257 e. The van der Waals surface area contributed by atoms with E-state index in [1.807, 2.05) is 42.4 Å². The zero-order valence-electron chi connectivity index (χ0n) is 21.6. The van der Waals surface area contributed by atoms with Gasteiger partial charge in [-0.3, -0.25) is 24.4 Å². The number of carbonyl (C=O) groups excluding carboxylic acids is 3. The van der Waals surface area contributed by atoms with Crippen LogP contribution in [0.3, 0.4) is 0 Å². The molecule has 10 nitrogen and oxygen atoms in total. The number of likely N-dealkylation sites (tertiary alicyclic amines) is 2. The van der Waals surface area contributed by atoms with Crippen LogP contribution < -0.4 is 10.6 Å². The van der Waals surface area contributed by atoms with Crippen LogP contribution in [0.4, 0.5) is 5.69 Å². The first-order chi connectivity index (χ1) is 18.5. The molecule has 2 saturated heterocycles. The summed E-state index contributed by atoms with van der Waals surface area (Å²) in [6, 6.07) is 13.8. The number of aromatic nitrogens is 2. The van der Waals surface area contributed by atoms with Crippen molar-refractivity contribution in [3.8, 4) is 0 Å². The third-order valence-electron chi connectivity index (χ3n) is 6.97. The predicted octanol–water partition coefficient (Wildman–Crippen LogP) is 2.77. The number of hydrogen-bond donors (Lipinski definition) is 2. The second-order valence-corrected chi connectivity index (χ2v) is 9.86. The maximum atomic E-state index is 13.5. The van der Waals surface area contributed by atoms with Crippen molar-refractivity contribution in [2.24, 2.45) is 12.0 Å². The van der Waals surface area contributed by atoms with Gasteiger partial charge in [-0.25, -0.2) is 4.99 Å². The van der Waals surface area contributed by atoms with Gasteiger partial charge in [0.2, 0.25) is 17.8 Å². The number of carbonyl (C=O) groups is 3. The zero-order chi connectivity index (χ0) is 26.5. The molecule has 10 heteroatoms. The van der Waals surface area contributed by atoms with Crippen LogP contribution in [0.2, 0.25) is 0 Å². The number of guanidine groups is 1. The lowest BCUT2D eigenvalue weighted by atomic mass is 10.1. The minimum Gasteiger partial charge on any atom is -0.341 e. The second kappa shape index (κ2) is 11.5. The summed E-state index contributed by atoms with van der Waals surface area (Å²) < 4.78 is 1.74. The Bertz CT molecular complexity index is 1340. The zero-order valence-corrected chi connectivity index (χ0v) is 21.6. The van der Waals surface area contributed by atoms with Crippen molar-refractivity contribution >= 4 is 40.3 Å². The molecule has 3 heterocycles. The van der Waals surface area contributed by atoms with Gasteiger partial charge < -0.3 is 15.1 Å². The van der Waals surface area contributed by atoms with Crippen LogP contribution in [-0.2, 0) is 16.6 Å². The van der Waals surface area contributed by atoms with Gasteiger partial charge in [-0.05, 0) is 62.4 Å². The van der Waals surface area contributed by atoms with E-state index >= 15 is 0 Å². The maximum absolute atomic E-state index is 13.5. The van der Waals surface area contributed by atoms with Gasteiger partial charge in [0.1, 0.15) is 6.04 Å². The first-order valence-corrected chi connectivity index (χ1v) is 13.2. The molecule has 1 unspecified atom stereocenters. The van der Waals surface area contributed by atoms with Crippen LogP contribution >= 0.6 is 0 Å². The van der Waals surface area contributed by atoms with E-state index in [-0.39, 0.29) is 30.2 Å². The van der Waals surface area contributed by atoms with Crippen LogP contribution in [-0.4, -0.2) is 75.5 Å². The highest BCUT2D eigenvalue weighted by Gasteiger charge is 2.30. The summed E-state index contributed by atoms with van der Waals surface area (Å²) in [6.07, 6.45) is 6.08. The van der Waals surface area contributed by atoms with E-state index in [9.17, 15) is 14.4 Å². The number of fused-ring (bicyclic) bond motifs is 1. The second-order valence-electron chi connectivity index (χ2n) is 9.86. The van der Waals surface area contributed by atoms with Crippen molar-refractivity contribution in [2.45, 2.75) is 38.1 Å². The number of benzene rings is 2. The monoisotopic (exact) mass is 515 g/mol. The molecule has 0 radical (unpaired) electrons. The standard InChI is InChI=1S/C28H33N7O3/c1-33-18-21-12-13-22(17-24(21)32-33)29-28(31-26(37)20-9-3-2-4-10-20)30-23-11-5-6-16-35(27(23)38)19-25(36)34-14-7-8-15-34/h2-4,9-10,12-13,17-18,23H,5-8,11,14-16,19H2,1H3,(H2,29,30,31,37). The number of amides is 3. The van der Waals surface area contributed by atoms with Crippen molar-refractivity contribution in [1.29, 1.82) is 0 Å². The average molecular weight is 516 g/mol. The van der Waals surface area contributed by atoms with E-state index in [4.69, 9.17) is 4.99 Å². The number of nitrogens with zero attached hydrogens (tertiary/aromatic N) is 5. The van der Waals surface area contributed by atoms with Crippen LogP contribution in [0.15, 0.2) is 59.7 Å². The first kappa shape index (κ1) is 25.4. The highest BCUT2D eigenvalue weighted by molar-refractivity contribution is 6.10. The number of aliphatic imine (C=N–C) groups is 1. The Labute approximate surface area is 221 Å². The van der Waals surface area contributed by atoms with Gasteiger partial charge in [0, 0.05) is 49.5 Å². The summed E-state index contributed by atoms with van der Waals surface area (Å²) >= 11 is 0. The Hall–Kier alpha value is -4.21. The molecular formula is C28H33N7O3. The Balaban J connectivity index is 1.39. The highest BCUT2D eigenvalue weighted by Crippen LogP contribution is 2.19. The summed E-state index contributed by atoms with van der Waals surface area (Å²) in [6.45, 7) is 2.10. The van der Waals surface area contributed by atoms with Crippen LogP contribution in [0, 0.1) is 0 Å². The molecule has 2 aliphatic rings. The van der Waals surface area contributed by atoms with Gasteiger partial charge in [-0.2, -0.15) is 5.10 Å². The summed E-state index contributed by atoms with van der Waals surface area (Å²) in [5.41, 5.74) is 1.96. The van der Waals surface area contributed by atoms with E-state index in [2.05, 4.69) is 15.7 Å². The van der Waals surface area contributed by atoms with Crippen molar-refractivity contribution in [1.82, 2.24) is 24.9 Å². The minimum atomic E-state index is -0.707. The molecule has 198 valence electrons. The molecule has 1 aromatic heterocycles. The molecule has 38 heavy (non-hydrogen) atoms. The molecule has 3 aromatic rings. The van der Waals surface area contributed by atoms with Crippen molar-refractivity contribution in [3.05, 3.63) is 60.3 Å². The highest BCUT2D eigenvalue weighted by atomic mass is 16.2. The quantitative estimate of drug-likeness (QED) is 0.401. The number of anilines is 1. The Morgan fingerprint density at radius 2 is 1.79 bits per heavy atom. The van der Waals surface area contributed by atoms with Crippen LogP contribution in [0.1, 0.15) is 42.5 Å². The van der Waals surface area contributed by atoms with Crippen molar-refractivity contribution in [3.63, 3.8) is 0 Å². The first-order valence-electron chi connectivity index (χ1n) is 13.2. The fourth-order valence-corrected chi connectivity index (χ4v) is 4.97. The average Bonchev–Trinajstić information content (AvgIpc) is 3.55. The summed E-state index contributed by atoms with van der Waals surface area (Å²) in [5, 5.41) is 11.5. The topological polar surface area (TPSA) is 112 Å². The summed E-state index contributed by atoms with van der Waals surface area (Å²) in [4.78, 5) is 47.5. The Morgan fingerprint density at radius 1 is 1.03 bits per heavy atom. The molecule has 0 spiro atoms. The number of nitrogens with one attached hydrogen (secondary N) is 2. The fraction of sp³-hybridized carbons (Fsp3) is 0.393. The molecule has 0 bridgehead atoms. The van der Waals surface area contributed by atoms with Gasteiger partial charge in [0.25, 0.3) is 5.91 Å². The van der Waals surface area contributed by atoms with Crippen LogP contribution in [0.25, 0.3) is 10.9 Å². The minimum absolute atomic E-state index is 0.0140. The Morgan fingerprint density at radius 3 is 2.58 bits per heavy atom. The van der Waals surface area contributed by atoms with E-state index in [1.165, 1.54) is 0 Å².